The molecule has 1 saturated heterocycles. The highest BCUT2D eigenvalue weighted by Crippen LogP contribution is 2.38. The summed E-state index contributed by atoms with van der Waals surface area (Å²) in [7, 11) is 0. The lowest BCUT2D eigenvalue weighted by Gasteiger charge is -2.07. The van der Waals surface area contributed by atoms with E-state index in [0.29, 0.717) is 6.42 Å². The van der Waals surface area contributed by atoms with E-state index in [4.69, 9.17) is 14.9 Å². The summed E-state index contributed by atoms with van der Waals surface area (Å²) in [5, 5.41) is 17.8. The van der Waals surface area contributed by atoms with E-state index in [1.165, 1.54) is 0 Å². The maximum absolute atomic E-state index is 8.93. The Hall–Kier alpha value is -0.120. The summed E-state index contributed by atoms with van der Waals surface area (Å²) in [5.74, 6) is 0. The molecule has 3 heteroatoms. The van der Waals surface area contributed by atoms with E-state index in [9.17, 15) is 0 Å². The first-order valence-electron chi connectivity index (χ1n) is 2.80. The highest BCUT2D eigenvalue weighted by Gasteiger charge is 2.54. The lowest BCUT2D eigenvalue weighted by molar-refractivity contribution is -0.000732. The first kappa shape index (κ1) is 4.73. The molecule has 3 nitrogen and oxygen atoms in total. The van der Waals surface area contributed by atoms with Gasteiger partial charge in [0.05, 0.1) is 12.2 Å². The number of aliphatic hydroxyl groups excluding tert-OH is 2. The van der Waals surface area contributed by atoms with Crippen LogP contribution in [0.1, 0.15) is 6.42 Å². The summed E-state index contributed by atoms with van der Waals surface area (Å²) in [5.41, 5.74) is 0. The van der Waals surface area contributed by atoms with Gasteiger partial charge in [-0.1, -0.05) is 0 Å². The Kier molecular flexibility index (Phi) is 0.730. The number of aliphatic hydroxyl groups is 2. The number of hydrogen-bond donors (Lipinski definition) is 2. The van der Waals surface area contributed by atoms with Crippen molar-refractivity contribution in [2.45, 2.75) is 30.8 Å². The van der Waals surface area contributed by atoms with Gasteiger partial charge in [-0.25, -0.2) is 0 Å². The second-order valence-electron chi connectivity index (χ2n) is 2.43. The van der Waals surface area contributed by atoms with Gasteiger partial charge >= 0.3 is 0 Å². The van der Waals surface area contributed by atoms with Gasteiger partial charge in [0, 0.05) is 6.42 Å². The molecule has 0 bridgehead atoms. The van der Waals surface area contributed by atoms with Crippen LogP contribution in [0.2, 0.25) is 0 Å². The maximum atomic E-state index is 8.93. The Balaban J connectivity index is 2.08. The summed E-state index contributed by atoms with van der Waals surface area (Å²) in [6.45, 7) is 0. The van der Waals surface area contributed by atoms with Crippen molar-refractivity contribution < 1.29 is 14.9 Å². The molecule has 8 heavy (non-hydrogen) atoms. The quantitative estimate of drug-likeness (QED) is 0.394. The van der Waals surface area contributed by atoms with Crippen LogP contribution < -0.4 is 0 Å². The van der Waals surface area contributed by atoms with Gasteiger partial charge in [0.25, 0.3) is 0 Å². The zero-order valence-electron chi connectivity index (χ0n) is 4.32. The monoisotopic (exact) mass is 116 g/mol. The van der Waals surface area contributed by atoms with Crippen LogP contribution >= 0.6 is 0 Å². The van der Waals surface area contributed by atoms with Crippen LogP contribution in [0.5, 0.6) is 0 Å². The van der Waals surface area contributed by atoms with Crippen molar-refractivity contribution in [3.63, 3.8) is 0 Å². The third-order valence-electron chi connectivity index (χ3n) is 1.83. The summed E-state index contributed by atoms with van der Waals surface area (Å²) >= 11 is 0. The minimum Gasteiger partial charge on any atom is -0.390 e. The van der Waals surface area contributed by atoms with Crippen molar-refractivity contribution in [2.75, 3.05) is 0 Å². The van der Waals surface area contributed by atoms with Crippen LogP contribution in [-0.4, -0.2) is 34.6 Å². The van der Waals surface area contributed by atoms with E-state index in [1.54, 1.807) is 0 Å². The van der Waals surface area contributed by atoms with E-state index >= 15 is 0 Å². The largest absolute Gasteiger partial charge is 0.390 e. The first-order chi connectivity index (χ1) is 3.79. The smallest absolute Gasteiger partial charge is 0.113 e. The molecule has 2 N–H and O–H groups in total. The molecular formula is C5H8O3. The zero-order valence-corrected chi connectivity index (χ0v) is 4.32. The molecule has 2 rings (SSSR count). The van der Waals surface area contributed by atoms with Crippen LogP contribution in [0.3, 0.4) is 0 Å². The normalized spacial score (nSPS) is 60.8. The first-order valence-corrected chi connectivity index (χ1v) is 2.80. The van der Waals surface area contributed by atoms with Gasteiger partial charge in [-0.15, -0.1) is 0 Å². The number of epoxide rings is 1. The molecule has 1 heterocycles. The van der Waals surface area contributed by atoms with E-state index in [-0.39, 0.29) is 12.2 Å². The fourth-order valence-corrected chi connectivity index (χ4v) is 1.24. The van der Waals surface area contributed by atoms with Gasteiger partial charge in [-0.3, -0.25) is 0 Å². The fourth-order valence-electron chi connectivity index (χ4n) is 1.24. The molecule has 2 aliphatic rings. The van der Waals surface area contributed by atoms with Gasteiger partial charge in [0.1, 0.15) is 12.2 Å². The summed E-state index contributed by atoms with van der Waals surface area (Å²) in [4.78, 5) is 0. The number of hydrogen-bond acceptors (Lipinski definition) is 3. The standard InChI is InChI=1S/C5H8O3/c6-2-1-3-5(8-3)4(2)7/h2-7H,1H2. The van der Waals surface area contributed by atoms with Crippen molar-refractivity contribution in [3.05, 3.63) is 0 Å². The average Bonchev–Trinajstić information content (AvgIpc) is 2.39. The van der Waals surface area contributed by atoms with Crippen molar-refractivity contribution in [1.29, 1.82) is 0 Å². The van der Waals surface area contributed by atoms with Crippen LogP contribution in [0, 0.1) is 0 Å². The van der Waals surface area contributed by atoms with Crippen LogP contribution in [0.25, 0.3) is 0 Å². The van der Waals surface area contributed by atoms with E-state index in [1.807, 2.05) is 0 Å². The van der Waals surface area contributed by atoms with E-state index < -0.39 is 12.2 Å². The van der Waals surface area contributed by atoms with Gasteiger partial charge in [-0.05, 0) is 0 Å². The van der Waals surface area contributed by atoms with Gasteiger partial charge in [-0.2, -0.15) is 0 Å². The number of rotatable bonds is 0. The van der Waals surface area contributed by atoms with Crippen LogP contribution in [0.4, 0.5) is 0 Å². The Morgan fingerprint density at radius 1 is 1.38 bits per heavy atom. The highest BCUT2D eigenvalue weighted by atomic mass is 16.6. The van der Waals surface area contributed by atoms with Gasteiger partial charge in [0.2, 0.25) is 0 Å². The molecule has 4 atom stereocenters. The van der Waals surface area contributed by atoms with Crippen molar-refractivity contribution >= 4 is 0 Å². The second kappa shape index (κ2) is 1.23. The second-order valence-corrected chi connectivity index (χ2v) is 2.43. The molecule has 0 spiro atoms. The predicted octanol–water partition coefficient (Wildman–Crippen LogP) is -1.12. The minimum atomic E-state index is -0.611. The number of fused-ring (bicyclic) bond motifs is 1. The molecule has 2 fully saturated rings. The van der Waals surface area contributed by atoms with Crippen molar-refractivity contribution in [3.8, 4) is 0 Å². The molecule has 0 aromatic rings. The van der Waals surface area contributed by atoms with Gasteiger partial charge < -0.3 is 14.9 Å². The molecule has 1 saturated carbocycles. The van der Waals surface area contributed by atoms with Crippen LogP contribution in [-0.2, 0) is 4.74 Å². The number of ether oxygens (including phenoxy) is 1. The third-order valence-corrected chi connectivity index (χ3v) is 1.83. The summed E-state index contributed by atoms with van der Waals surface area (Å²) < 4.78 is 4.93. The molecule has 4 unspecified atom stereocenters. The fraction of sp³-hybridized carbons (Fsp3) is 1.00. The van der Waals surface area contributed by atoms with E-state index in [2.05, 4.69) is 0 Å². The lowest BCUT2D eigenvalue weighted by Crippen LogP contribution is -2.25. The average molecular weight is 116 g/mol. The molecule has 0 amide bonds. The molecule has 46 valence electrons. The SMILES string of the molecule is OC1CC2OC2C1O. The highest BCUT2D eigenvalue weighted by molar-refractivity contribution is 5.02. The molecule has 0 radical (unpaired) electrons. The third kappa shape index (κ3) is 0.438. The molecule has 1 aliphatic carbocycles. The Labute approximate surface area is 46.9 Å². The van der Waals surface area contributed by atoms with Gasteiger partial charge in [0.15, 0.2) is 0 Å². The topological polar surface area (TPSA) is 53.0 Å². The van der Waals surface area contributed by atoms with E-state index in [0.717, 1.165) is 0 Å². The summed E-state index contributed by atoms with van der Waals surface area (Å²) in [6, 6.07) is 0. The molecule has 0 aromatic carbocycles. The zero-order chi connectivity index (χ0) is 5.72. The predicted molar refractivity (Wildman–Crippen MR) is 25.3 cm³/mol. The summed E-state index contributed by atoms with van der Waals surface area (Å²) in [6.07, 6.45) is -0.394. The Morgan fingerprint density at radius 3 is 2.38 bits per heavy atom. The Morgan fingerprint density at radius 2 is 2.12 bits per heavy atom. The molecular weight excluding hydrogens is 108 g/mol. The van der Waals surface area contributed by atoms with Crippen molar-refractivity contribution in [1.82, 2.24) is 0 Å². The van der Waals surface area contributed by atoms with Crippen molar-refractivity contribution in [2.24, 2.45) is 0 Å². The molecule has 1 aliphatic heterocycles. The maximum Gasteiger partial charge on any atom is 0.113 e. The molecule has 0 aromatic heterocycles. The van der Waals surface area contributed by atoms with Crippen LogP contribution in [0.15, 0.2) is 0 Å². The minimum absolute atomic E-state index is 0.0370. The lowest BCUT2D eigenvalue weighted by atomic mass is 10.2. The Bertz CT molecular complexity index is 112.